The molecule has 3 nitrogen and oxygen atoms in total. The highest BCUT2D eigenvalue weighted by atomic mass is 16.1. The van der Waals surface area contributed by atoms with Crippen molar-refractivity contribution in [2.24, 2.45) is 0 Å². The van der Waals surface area contributed by atoms with E-state index in [9.17, 15) is 4.79 Å². The van der Waals surface area contributed by atoms with Crippen LogP contribution in [0.1, 0.15) is 5.56 Å². The molecule has 0 spiro atoms. The number of aromatic nitrogens is 2. The van der Waals surface area contributed by atoms with Crippen molar-refractivity contribution in [1.82, 2.24) is 9.97 Å². The molecule has 2 aromatic rings. The predicted octanol–water partition coefficient (Wildman–Crippen LogP) is 1.72. The van der Waals surface area contributed by atoms with E-state index in [4.69, 9.17) is 0 Å². The first-order valence-electron chi connectivity index (χ1n) is 4.14. The minimum Gasteiger partial charge on any atom is -0.305 e. The number of aromatic amines is 1. The van der Waals surface area contributed by atoms with Gasteiger partial charge in [0.25, 0.3) is 0 Å². The molecule has 0 bridgehead atoms. The molecule has 2 rings (SSSR count). The summed E-state index contributed by atoms with van der Waals surface area (Å²) in [5, 5.41) is 0.897. The minimum atomic E-state index is -0.329. The highest BCUT2D eigenvalue weighted by Gasteiger charge is 1.95. The van der Waals surface area contributed by atoms with Crippen LogP contribution in [0.3, 0.4) is 0 Å². The van der Waals surface area contributed by atoms with E-state index in [0.717, 1.165) is 16.5 Å². The molecule has 68 valence electrons. The van der Waals surface area contributed by atoms with Crippen LogP contribution in [0.25, 0.3) is 17.0 Å². The molecule has 1 aromatic carbocycles. The minimum absolute atomic E-state index is 0.329. The second-order valence-electron chi connectivity index (χ2n) is 2.88. The lowest BCUT2D eigenvalue weighted by Gasteiger charge is -1.97. The van der Waals surface area contributed by atoms with Crippen LogP contribution in [0.5, 0.6) is 0 Å². The third-order valence-corrected chi connectivity index (χ3v) is 1.91. The van der Waals surface area contributed by atoms with Crippen LogP contribution in [0.2, 0.25) is 0 Å². The van der Waals surface area contributed by atoms with E-state index < -0.39 is 0 Å². The number of H-pyrrole nitrogens is 1. The summed E-state index contributed by atoms with van der Waals surface area (Å²) in [6, 6.07) is 5.63. The van der Waals surface area contributed by atoms with Crippen molar-refractivity contribution in [3.63, 3.8) is 0 Å². The lowest BCUT2D eigenvalue weighted by Crippen LogP contribution is -2.08. The first-order chi connectivity index (χ1) is 6.79. The summed E-state index contributed by atoms with van der Waals surface area (Å²) in [6.07, 6.45) is 3.32. The van der Waals surface area contributed by atoms with Crippen LogP contribution < -0.4 is 5.69 Å². The van der Waals surface area contributed by atoms with E-state index in [-0.39, 0.29) is 5.69 Å². The lowest BCUT2D eigenvalue weighted by atomic mass is 10.1. The molecule has 0 amide bonds. The van der Waals surface area contributed by atoms with Gasteiger partial charge in [0.2, 0.25) is 0 Å². The van der Waals surface area contributed by atoms with Gasteiger partial charge in [-0.1, -0.05) is 12.6 Å². The Morgan fingerprint density at radius 2 is 2.36 bits per heavy atom. The molecule has 3 heteroatoms. The smallest absolute Gasteiger partial charge is 0.305 e. The quantitative estimate of drug-likeness (QED) is 0.686. The Morgan fingerprint density at radius 1 is 1.50 bits per heavy atom. The van der Waals surface area contributed by atoms with Crippen molar-refractivity contribution in [2.75, 3.05) is 0 Å². The normalized spacial score (nSPS) is 9.71. The number of hydrogen-bond donors (Lipinski definition) is 1. The molecule has 0 saturated carbocycles. The highest BCUT2D eigenvalue weighted by molar-refractivity contribution is 5.80. The summed E-state index contributed by atoms with van der Waals surface area (Å²) >= 11 is 0. The molecule has 1 aromatic heterocycles. The van der Waals surface area contributed by atoms with Gasteiger partial charge in [-0.05, 0) is 23.8 Å². The van der Waals surface area contributed by atoms with Crippen molar-refractivity contribution in [3.8, 4) is 0 Å². The molecule has 0 radical (unpaired) electrons. The van der Waals surface area contributed by atoms with Crippen molar-refractivity contribution >= 4 is 17.0 Å². The second kappa shape index (κ2) is 3.32. The summed E-state index contributed by atoms with van der Waals surface area (Å²) < 4.78 is 0. The number of nitrogens with one attached hydrogen (secondary N) is 1. The van der Waals surface area contributed by atoms with Gasteiger partial charge in [0.1, 0.15) is 0 Å². The average Bonchev–Trinajstić information content (AvgIpc) is 2.19. The zero-order valence-electron chi connectivity index (χ0n) is 7.45. The van der Waals surface area contributed by atoms with E-state index >= 15 is 0 Å². The average molecular weight is 184 g/mol. The summed E-state index contributed by atoms with van der Waals surface area (Å²) in [5.41, 5.74) is 4.13. The molecule has 0 atom stereocenters. The van der Waals surface area contributed by atoms with Crippen molar-refractivity contribution in [3.05, 3.63) is 52.8 Å². The number of benzene rings is 1. The van der Waals surface area contributed by atoms with Crippen LogP contribution in [0.15, 0.2) is 41.5 Å². The van der Waals surface area contributed by atoms with Crippen LogP contribution >= 0.6 is 0 Å². The van der Waals surface area contributed by atoms with Gasteiger partial charge in [-0.3, -0.25) is 0 Å². The fourth-order valence-electron chi connectivity index (χ4n) is 1.29. The largest absolute Gasteiger partial charge is 0.345 e. The molecule has 0 fully saturated rings. The first-order valence-corrected chi connectivity index (χ1v) is 4.14. The number of nitrogens with zero attached hydrogens (tertiary/aromatic N) is 1. The standard InChI is InChI=1S/C11H8N2O/c1-2-3-8-4-5-10-9(6-8)7-12-11(14)13-10/h3-7H,1H2,(H,12,13,14). The Balaban J connectivity index is 2.73. The maximum atomic E-state index is 10.9. The van der Waals surface area contributed by atoms with Gasteiger partial charge in [0.05, 0.1) is 5.52 Å². The fourth-order valence-corrected chi connectivity index (χ4v) is 1.29. The number of fused-ring (bicyclic) bond motifs is 1. The second-order valence-corrected chi connectivity index (χ2v) is 2.88. The van der Waals surface area contributed by atoms with Crippen molar-refractivity contribution < 1.29 is 0 Å². The summed E-state index contributed by atoms with van der Waals surface area (Å²) in [4.78, 5) is 17.2. The number of hydrogen-bond acceptors (Lipinski definition) is 2. The van der Waals surface area contributed by atoms with Gasteiger partial charge in [-0.2, -0.15) is 0 Å². The zero-order chi connectivity index (χ0) is 9.97. The topological polar surface area (TPSA) is 45.8 Å². The van der Waals surface area contributed by atoms with Gasteiger partial charge < -0.3 is 4.98 Å². The molecule has 1 heterocycles. The Kier molecular flexibility index (Phi) is 2.01. The third-order valence-electron chi connectivity index (χ3n) is 1.91. The highest BCUT2D eigenvalue weighted by Crippen LogP contribution is 2.11. The van der Waals surface area contributed by atoms with Gasteiger partial charge in [0, 0.05) is 11.6 Å². The fraction of sp³-hybridized carbons (Fsp3) is 0. The molecule has 14 heavy (non-hydrogen) atoms. The van der Waals surface area contributed by atoms with E-state index in [1.54, 1.807) is 12.3 Å². The molecule has 0 saturated heterocycles. The van der Waals surface area contributed by atoms with Crippen molar-refractivity contribution in [2.45, 2.75) is 0 Å². The molecule has 0 aliphatic heterocycles. The Labute approximate surface area is 80.4 Å². The first kappa shape index (κ1) is 8.48. The molecular formula is C11H8N2O. The lowest BCUT2D eigenvalue weighted by molar-refractivity contribution is 1.12. The van der Waals surface area contributed by atoms with Crippen LogP contribution in [0.4, 0.5) is 0 Å². The SMILES string of the molecule is C=C=Cc1ccc2[nH]c(=O)ncc2c1. The summed E-state index contributed by atoms with van der Waals surface area (Å²) in [6.45, 7) is 3.50. The molecule has 0 aliphatic rings. The van der Waals surface area contributed by atoms with Crippen molar-refractivity contribution in [1.29, 1.82) is 0 Å². The maximum Gasteiger partial charge on any atom is 0.345 e. The Morgan fingerprint density at radius 3 is 3.14 bits per heavy atom. The van der Waals surface area contributed by atoms with E-state index in [1.165, 1.54) is 0 Å². The summed E-state index contributed by atoms with van der Waals surface area (Å²) in [5.74, 6) is 0. The van der Waals surface area contributed by atoms with Gasteiger partial charge in [-0.15, -0.1) is 5.73 Å². The Bertz CT molecular complexity index is 577. The molecular weight excluding hydrogens is 176 g/mol. The molecule has 0 unspecified atom stereocenters. The van der Waals surface area contributed by atoms with Gasteiger partial charge in [0.15, 0.2) is 0 Å². The van der Waals surface area contributed by atoms with E-state index in [2.05, 4.69) is 22.3 Å². The molecule has 1 N–H and O–H groups in total. The third kappa shape index (κ3) is 1.49. The maximum absolute atomic E-state index is 10.9. The monoisotopic (exact) mass is 184 g/mol. The van der Waals surface area contributed by atoms with Crippen LogP contribution in [-0.4, -0.2) is 9.97 Å². The number of rotatable bonds is 1. The predicted molar refractivity (Wildman–Crippen MR) is 56.0 cm³/mol. The van der Waals surface area contributed by atoms with Crippen LogP contribution in [-0.2, 0) is 0 Å². The van der Waals surface area contributed by atoms with Gasteiger partial charge in [-0.25, -0.2) is 9.78 Å². The Hall–Kier alpha value is -2.12. The van der Waals surface area contributed by atoms with E-state index in [0.29, 0.717) is 0 Å². The van der Waals surface area contributed by atoms with Crippen LogP contribution in [0, 0.1) is 0 Å². The molecule has 0 aliphatic carbocycles. The zero-order valence-corrected chi connectivity index (χ0v) is 7.45. The van der Waals surface area contributed by atoms with Gasteiger partial charge >= 0.3 is 5.69 Å². The van der Waals surface area contributed by atoms with E-state index in [1.807, 2.05) is 18.2 Å². The summed E-state index contributed by atoms with van der Waals surface area (Å²) in [7, 11) is 0.